The number of carbonyl (C=O) groups is 2. The second-order valence-electron chi connectivity index (χ2n) is 5.41. The summed E-state index contributed by atoms with van der Waals surface area (Å²) in [6.07, 6.45) is 1.08. The van der Waals surface area contributed by atoms with Crippen molar-refractivity contribution in [3.8, 4) is 0 Å². The van der Waals surface area contributed by atoms with Gasteiger partial charge in [0, 0.05) is 11.6 Å². The van der Waals surface area contributed by atoms with Gasteiger partial charge in [-0.05, 0) is 36.8 Å². The Hall–Kier alpha value is -2.14. The third-order valence-electron chi connectivity index (χ3n) is 3.54. The van der Waals surface area contributed by atoms with Gasteiger partial charge in [-0.25, -0.2) is 4.79 Å². The number of rotatable bonds is 5. The lowest BCUT2D eigenvalue weighted by molar-refractivity contribution is -0.130. The van der Waals surface area contributed by atoms with Crippen LogP contribution in [0.15, 0.2) is 41.8 Å². The number of carbonyl (C=O) groups excluding carboxylic acids is 2. The Kier molecular flexibility index (Phi) is 4.24. The minimum atomic E-state index is -0.907. The number of hydrogen-bond acceptors (Lipinski definition) is 4. The third-order valence-corrected chi connectivity index (χ3v) is 4.53. The van der Waals surface area contributed by atoms with Crippen LogP contribution in [0.1, 0.15) is 39.7 Å². The predicted octanol–water partition coefficient (Wildman–Crippen LogP) is 3.23. The predicted molar refractivity (Wildman–Crippen MR) is 84.8 cm³/mol. The van der Waals surface area contributed by atoms with Gasteiger partial charge in [-0.3, -0.25) is 4.79 Å². The van der Waals surface area contributed by atoms with Crippen LogP contribution in [0.3, 0.4) is 0 Å². The third kappa shape index (κ3) is 3.36. The molecule has 1 saturated carbocycles. The van der Waals surface area contributed by atoms with Crippen molar-refractivity contribution < 1.29 is 14.3 Å². The van der Waals surface area contributed by atoms with E-state index in [1.54, 1.807) is 12.1 Å². The summed E-state index contributed by atoms with van der Waals surface area (Å²) in [5.74, 6) is -0.705. The standard InChI is InChI=1S/C17H17NO3S/c1-11-9-10-22-15(11)17(20)21-14(12-5-3-2-4-6-12)16(19)18-13-7-8-13/h2-6,9-10,13-14H,7-8H2,1H3,(H,18,19)/t14-/m1/s1. The number of hydrogen-bond donors (Lipinski definition) is 1. The van der Waals surface area contributed by atoms with Gasteiger partial charge in [-0.15, -0.1) is 11.3 Å². The fourth-order valence-electron chi connectivity index (χ4n) is 2.15. The van der Waals surface area contributed by atoms with Crippen molar-refractivity contribution in [1.29, 1.82) is 0 Å². The first-order chi connectivity index (χ1) is 10.6. The quantitative estimate of drug-likeness (QED) is 0.862. The fourth-order valence-corrected chi connectivity index (χ4v) is 2.95. The Labute approximate surface area is 133 Å². The zero-order valence-corrected chi connectivity index (χ0v) is 13.1. The van der Waals surface area contributed by atoms with Crippen LogP contribution in [0.2, 0.25) is 0 Å². The molecule has 0 aliphatic heterocycles. The van der Waals surface area contributed by atoms with E-state index in [4.69, 9.17) is 4.74 Å². The molecule has 1 aliphatic carbocycles. The molecule has 1 heterocycles. The molecule has 0 unspecified atom stereocenters. The Morgan fingerprint density at radius 3 is 2.55 bits per heavy atom. The number of nitrogens with one attached hydrogen (secondary N) is 1. The molecule has 114 valence electrons. The molecule has 1 aliphatic rings. The molecule has 3 rings (SSSR count). The summed E-state index contributed by atoms with van der Waals surface area (Å²) < 4.78 is 5.51. The van der Waals surface area contributed by atoms with E-state index in [1.807, 2.05) is 36.6 Å². The molecule has 4 nitrogen and oxygen atoms in total. The van der Waals surface area contributed by atoms with Gasteiger partial charge in [0.25, 0.3) is 5.91 Å². The molecule has 22 heavy (non-hydrogen) atoms. The van der Waals surface area contributed by atoms with Crippen LogP contribution in [-0.2, 0) is 9.53 Å². The number of amides is 1. The van der Waals surface area contributed by atoms with Crippen LogP contribution in [0.5, 0.6) is 0 Å². The van der Waals surface area contributed by atoms with Crippen LogP contribution in [0.4, 0.5) is 0 Å². The first-order valence-electron chi connectivity index (χ1n) is 7.25. The molecule has 0 bridgehead atoms. The molecule has 1 N–H and O–H groups in total. The van der Waals surface area contributed by atoms with Crippen molar-refractivity contribution in [2.45, 2.75) is 31.9 Å². The average molecular weight is 315 g/mol. The van der Waals surface area contributed by atoms with Gasteiger partial charge in [0.15, 0.2) is 0 Å². The highest BCUT2D eigenvalue weighted by Gasteiger charge is 2.31. The van der Waals surface area contributed by atoms with Crippen LogP contribution < -0.4 is 5.32 Å². The Bertz CT molecular complexity index is 676. The molecule has 1 aromatic carbocycles. The van der Waals surface area contributed by atoms with Crippen LogP contribution in [-0.4, -0.2) is 17.9 Å². The topological polar surface area (TPSA) is 55.4 Å². The van der Waals surface area contributed by atoms with Gasteiger partial charge < -0.3 is 10.1 Å². The maximum atomic E-state index is 12.4. The monoisotopic (exact) mass is 315 g/mol. The summed E-state index contributed by atoms with van der Waals surface area (Å²) in [5.41, 5.74) is 1.55. The maximum Gasteiger partial charge on any atom is 0.349 e. The molecular formula is C17H17NO3S. The molecule has 0 spiro atoms. The number of ether oxygens (including phenoxy) is 1. The molecule has 1 amide bonds. The van der Waals surface area contributed by atoms with Gasteiger partial charge in [-0.2, -0.15) is 0 Å². The minimum absolute atomic E-state index is 0.223. The minimum Gasteiger partial charge on any atom is -0.443 e. The van der Waals surface area contributed by atoms with E-state index in [1.165, 1.54) is 11.3 Å². The second-order valence-corrected chi connectivity index (χ2v) is 6.33. The van der Waals surface area contributed by atoms with Gasteiger partial charge >= 0.3 is 5.97 Å². The maximum absolute atomic E-state index is 12.4. The van der Waals surface area contributed by atoms with E-state index >= 15 is 0 Å². The molecule has 2 aromatic rings. The number of benzene rings is 1. The van der Waals surface area contributed by atoms with E-state index in [-0.39, 0.29) is 11.9 Å². The molecule has 0 radical (unpaired) electrons. The first kappa shape index (κ1) is 14.8. The van der Waals surface area contributed by atoms with Gasteiger partial charge in [0.05, 0.1) is 0 Å². The molecule has 1 atom stereocenters. The highest BCUT2D eigenvalue weighted by Crippen LogP contribution is 2.25. The van der Waals surface area contributed by atoms with Crippen molar-refractivity contribution in [1.82, 2.24) is 5.32 Å². The largest absolute Gasteiger partial charge is 0.443 e. The van der Waals surface area contributed by atoms with Gasteiger partial charge in [-0.1, -0.05) is 30.3 Å². The number of esters is 1. The Morgan fingerprint density at radius 2 is 1.95 bits per heavy atom. The van der Waals surface area contributed by atoms with Gasteiger partial charge in [0.2, 0.25) is 6.10 Å². The average Bonchev–Trinajstić information content (AvgIpc) is 3.23. The zero-order chi connectivity index (χ0) is 15.5. The fraction of sp³-hybridized carbons (Fsp3) is 0.294. The molecule has 5 heteroatoms. The second kappa shape index (κ2) is 6.32. The number of thiophene rings is 1. The normalized spacial score (nSPS) is 15.1. The zero-order valence-electron chi connectivity index (χ0n) is 12.2. The van der Waals surface area contributed by atoms with Crippen LogP contribution >= 0.6 is 11.3 Å². The highest BCUT2D eigenvalue weighted by molar-refractivity contribution is 7.12. The van der Waals surface area contributed by atoms with Crippen molar-refractivity contribution in [3.05, 3.63) is 57.8 Å². The highest BCUT2D eigenvalue weighted by atomic mass is 32.1. The lowest BCUT2D eigenvalue weighted by Gasteiger charge is -2.17. The SMILES string of the molecule is Cc1ccsc1C(=O)O[C@@H](C(=O)NC1CC1)c1ccccc1. The molecule has 1 aromatic heterocycles. The summed E-state index contributed by atoms with van der Waals surface area (Å²) in [6, 6.07) is 11.2. The summed E-state index contributed by atoms with van der Waals surface area (Å²) in [7, 11) is 0. The van der Waals surface area contributed by atoms with E-state index in [9.17, 15) is 9.59 Å². The first-order valence-corrected chi connectivity index (χ1v) is 8.13. The van der Waals surface area contributed by atoms with Crippen molar-refractivity contribution in [2.75, 3.05) is 0 Å². The number of aryl methyl sites for hydroxylation is 1. The van der Waals surface area contributed by atoms with Crippen molar-refractivity contribution in [3.63, 3.8) is 0 Å². The summed E-state index contributed by atoms with van der Waals surface area (Å²) in [4.78, 5) is 25.3. The van der Waals surface area contributed by atoms with E-state index in [2.05, 4.69) is 5.32 Å². The van der Waals surface area contributed by atoms with Crippen LogP contribution in [0.25, 0.3) is 0 Å². The van der Waals surface area contributed by atoms with E-state index < -0.39 is 12.1 Å². The van der Waals surface area contributed by atoms with E-state index in [0.29, 0.717) is 10.4 Å². The molecule has 1 fully saturated rings. The molecule has 0 saturated heterocycles. The van der Waals surface area contributed by atoms with E-state index in [0.717, 1.165) is 18.4 Å². The summed E-state index contributed by atoms with van der Waals surface area (Å²) in [6.45, 7) is 1.86. The Balaban J connectivity index is 1.80. The van der Waals surface area contributed by atoms with Gasteiger partial charge in [0.1, 0.15) is 4.88 Å². The lowest BCUT2D eigenvalue weighted by atomic mass is 10.1. The van der Waals surface area contributed by atoms with Crippen molar-refractivity contribution in [2.24, 2.45) is 0 Å². The summed E-state index contributed by atoms with van der Waals surface area (Å²) >= 11 is 1.33. The van der Waals surface area contributed by atoms with Crippen LogP contribution in [0, 0.1) is 6.92 Å². The Morgan fingerprint density at radius 1 is 1.23 bits per heavy atom. The molecular weight excluding hydrogens is 298 g/mol. The smallest absolute Gasteiger partial charge is 0.349 e. The summed E-state index contributed by atoms with van der Waals surface area (Å²) in [5, 5.41) is 4.75. The lowest BCUT2D eigenvalue weighted by Crippen LogP contribution is -2.33. The van der Waals surface area contributed by atoms with Crippen molar-refractivity contribution >= 4 is 23.2 Å².